The summed E-state index contributed by atoms with van der Waals surface area (Å²) in [6.45, 7) is 9.00. The van der Waals surface area contributed by atoms with Crippen LogP contribution in [0.3, 0.4) is 0 Å². The van der Waals surface area contributed by atoms with Gasteiger partial charge in [0.2, 0.25) is 5.91 Å². The van der Waals surface area contributed by atoms with E-state index < -0.39 is 0 Å². The Morgan fingerprint density at radius 3 is 2.88 bits per heavy atom. The van der Waals surface area contributed by atoms with Gasteiger partial charge in [0.1, 0.15) is 5.82 Å². The van der Waals surface area contributed by atoms with Crippen molar-refractivity contribution in [1.82, 2.24) is 20.5 Å². The molecular formula is C18H29N5O. The number of carbonyl (C=O) groups is 1. The van der Waals surface area contributed by atoms with Gasteiger partial charge in [-0.3, -0.25) is 9.69 Å². The topological polar surface area (TPSA) is 60.5 Å². The van der Waals surface area contributed by atoms with E-state index in [9.17, 15) is 4.79 Å². The second-order valence-corrected chi connectivity index (χ2v) is 6.91. The van der Waals surface area contributed by atoms with Crippen LogP contribution < -0.4 is 15.5 Å². The molecule has 1 aromatic heterocycles. The minimum absolute atomic E-state index is 0.195. The van der Waals surface area contributed by atoms with Crippen LogP contribution in [0.2, 0.25) is 0 Å². The zero-order chi connectivity index (χ0) is 16.8. The predicted octanol–water partition coefficient (Wildman–Crippen LogP) is 0.708. The molecule has 0 saturated carbocycles. The van der Waals surface area contributed by atoms with Gasteiger partial charge in [-0.2, -0.15) is 0 Å². The van der Waals surface area contributed by atoms with E-state index in [1.165, 1.54) is 0 Å². The average Bonchev–Trinajstić information content (AvgIpc) is 2.63. The van der Waals surface area contributed by atoms with Gasteiger partial charge in [0, 0.05) is 51.4 Å². The van der Waals surface area contributed by atoms with Crippen LogP contribution in [0.1, 0.15) is 19.8 Å². The molecule has 2 fully saturated rings. The van der Waals surface area contributed by atoms with E-state index in [1.807, 2.05) is 18.3 Å². The fraction of sp³-hybridized carbons (Fsp3) is 0.667. The summed E-state index contributed by atoms with van der Waals surface area (Å²) < 4.78 is 0. The predicted molar refractivity (Wildman–Crippen MR) is 96.1 cm³/mol. The monoisotopic (exact) mass is 331 g/mol. The number of nitrogens with one attached hydrogen (secondary N) is 2. The molecule has 3 heterocycles. The van der Waals surface area contributed by atoms with E-state index in [4.69, 9.17) is 0 Å². The minimum Gasteiger partial charge on any atom is -0.354 e. The molecule has 1 aromatic rings. The average molecular weight is 331 g/mol. The number of hydrogen-bond donors (Lipinski definition) is 2. The zero-order valence-corrected chi connectivity index (χ0v) is 14.6. The SMILES string of the molecule is CC1CNCCC1NC(=O)CCN1CCN(c2ccccn2)CC1. The van der Waals surface area contributed by atoms with Crippen molar-refractivity contribution in [1.29, 1.82) is 0 Å². The van der Waals surface area contributed by atoms with Crippen molar-refractivity contribution in [2.24, 2.45) is 5.92 Å². The number of piperidine rings is 1. The molecule has 6 nitrogen and oxygen atoms in total. The van der Waals surface area contributed by atoms with Crippen molar-refractivity contribution in [3.63, 3.8) is 0 Å². The summed E-state index contributed by atoms with van der Waals surface area (Å²) in [7, 11) is 0. The van der Waals surface area contributed by atoms with Crippen LogP contribution in [-0.2, 0) is 4.79 Å². The fourth-order valence-electron chi connectivity index (χ4n) is 3.51. The Balaban J connectivity index is 1.36. The Kier molecular flexibility index (Phi) is 6.04. The van der Waals surface area contributed by atoms with E-state index >= 15 is 0 Å². The molecule has 0 spiro atoms. The molecule has 2 saturated heterocycles. The van der Waals surface area contributed by atoms with Gasteiger partial charge >= 0.3 is 0 Å². The molecule has 2 aliphatic rings. The maximum absolute atomic E-state index is 12.2. The molecule has 0 bridgehead atoms. The molecule has 2 N–H and O–H groups in total. The van der Waals surface area contributed by atoms with Crippen molar-refractivity contribution >= 4 is 11.7 Å². The molecule has 1 amide bonds. The lowest BCUT2D eigenvalue weighted by molar-refractivity contribution is -0.122. The highest BCUT2D eigenvalue weighted by molar-refractivity contribution is 5.76. The molecule has 0 aromatic carbocycles. The Labute approximate surface area is 144 Å². The molecule has 0 aliphatic carbocycles. The number of amides is 1. The second-order valence-electron chi connectivity index (χ2n) is 6.91. The third kappa shape index (κ3) is 4.68. The van der Waals surface area contributed by atoms with E-state index in [0.717, 1.165) is 58.1 Å². The van der Waals surface area contributed by atoms with Gasteiger partial charge in [-0.1, -0.05) is 13.0 Å². The molecule has 24 heavy (non-hydrogen) atoms. The van der Waals surface area contributed by atoms with Gasteiger partial charge in [-0.15, -0.1) is 0 Å². The summed E-state index contributed by atoms with van der Waals surface area (Å²) in [5, 5.41) is 6.59. The number of pyridine rings is 1. The molecule has 0 radical (unpaired) electrons. The Hall–Kier alpha value is -1.66. The highest BCUT2D eigenvalue weighted by atomic mass is 16.1. The lowest BCUT2D eigenvalue weighted by Crippen LogP contribution is -2.50. The van der Waals surface area contributed by atoms with Crippen molar-refractivity contribution in [3.8, 4) is 0 Å². The number of hydrogen-bond acceptors (Lipinski definition) is 5. The van der Waals surface area contributed by atoms with Crippen LogP contribution >= 0.6 is 0 Å². The Morgan fingerprint density at radius 2 is 2.17 bits per heavy atom. The van der Waals surface area contributed by atoms with Crippen LogP contribution in [0.25, 0.3) is 0 Å². The third-order valence-electron chi connectivity index (χ3n) is 5.13. The maximum Gasteiger partial charge on any atom is 0.221 e. The van der Waals surface area contributed by atoms with Gasteiger partial charge in [0.25, 0.3) is 0 Å². The number of rotatable bonds is 5. The third-order valence-corrected chi connectivity index (χ3v) is 5.13. The fourth-order valence-corrected chi connectivity index (χ4v) is 3.51. The summed E-state index contributed by atoms with van der Waals surface area (Å²) >= 11 is 0. The molecule has 2 atom stereocenters. The molecule has 3 rings (SSSR count). The van der Waals surface area contributed by atoms with Crippen molar-refractivity contribution in [2.45, 2.75) is 25.8 Å². The highest BCUT2D eigenvalue weighted by Crippen LogP contribution is 2.13. The van der Waals surface area contributed by atoms with Crippen molar-refractivity contribution in [2.75, 3.05) is 50.7 Å². The van der Waals surface area contributed by atoms with Gasteiger partial charge < -0.3 is 15.5 Å². The minimum atomic E-state index is 0.195. The molecule has 2 unspecified atom stereocenters. The first-order valence-corrected chi connectivity index (χ1v) is 9.11. The summed E-state index contributed by atoms with van der Waals surface area (Å²) in [6, 6.07) is 6.37. The van der Waals surface area contributed by atoms with Gasteiger partial charge in [0.15, 0.2) is 0 Å². The van der Waals surface area contributed by atoms with E-state index in [1.54, 1.807) is 0 Å². The van der Waals surface area contributed by atoms with E-state index in [2.05, 4.69) is 38.4 Å². The summed E-state index contributed by atoms with van der Waals surface area (Å²) in [5.74, 6) is 1.76. The lowest BCUT2D eigenvalue weighted by atomic mass is 9.95. The maximum atomic E-state index is 12.2. The Morgan fingerprint density at radius 1 is 1.33 bits per heavy atom. The smallest absolute Gasteiger partial charge is 0.221 e. The van der Waals surface area contributed by atoms with Gasteiger partial charge in [-0.05, 0) is 37.6 Å². The molecule has 132 valence electrons. The highest BCUT2D eigenvalue weighted by Gasteiger charge is 2.23. The normalized spacial score (nSPS) is 25.5. The summed E-state index contributed by atoms with van der Waals surface area (Å²) in [5.41, 5.74) is 0. The zero-order valence-electron chi connectivity index (χ0n) is 14.6. The summed E-state index contributed by atoms with van der Waals surface area (Å²) in [6.07, 6.45) is 3.48. The number of aromatic nitrogens is 1. The van der Waals surface area contributed by atoms with Crippen LogP contribution in [-0.4, -0.2) is 67.6 Å². The van der Waals surface area contributed by atoms with Crippen LogP contribution in [0, 0.1) is 5.92 Å². The van der Waals surface area contributed by atoms with Gasteiger partial charge in [0.05, 0.1) is 0 Å². The second kappa shape index (κ2) is 8.44. The molecule has 2 aliphatic heterocycles. The first-order valence-electron chi connectivity index (χ1n) is 9.11. The standard InChI is InChI=1S/C18H29N5O/c1-15-14-19-8-5-16(15)21-18(24)6-9-22-10-12-23(13-11-22)17-4-2-3-7-20-17/h2-4,7,15-16,19H,5-6,8-14H2,1H3,(H,21,24). The number of anilines is 1. The van der Waals surface area contributed by atoms with Crippen LogP contribution in [0.5, 0.6) is 0 Å². The number of nitrogens with zero attached hydrogens (tertiary/aromatic N) is 3. The number of piperazine rings is 1. The first-order chi connectivity index (χ1) is 11.7. The van der Waals surface area contributed by atoms with Crippen molar-refractivity contribution in [3.05, 3.63) is 24.4 Å². The largest absolute Gasteiger partial charge is 0.354 e. The lowest BCUT2D eigenvalue weighted by Gasteiger charge is -2.35. The first kappa shape index (κ1) is 17.2. The van der Waals surface area contributed by atoms with Gasteiger partial charge in [-0.25, -0.2) is 4.98 Å². The van der Waals surface area contributed by atoms with Crippen LogP contribution in [0.15, 0.2) is 24.4 Å². The van der Waals surface area contributed by atoms with Crippen LogP contribution in [0.4, 0.5) is 5.82 Å². The summed E-state index contributed by atoms with van der Waals surface area (Å²) in [4.78, 5) is 21.3. The quantitative estimate of drug-likeness (QED) is 0.832. The number of carbonyl (C=O) groups excluding carboxylic acids is 1. The van der Waals surface area contributed by atoms with E-state index in [0.29, 0.717) is 18.4 Å². The molecular weight excluding hydrogens is 302 g/mol. The Bertz CT molecular complexity index is 515. The van der Waals surface area contributed by atoms with E-state index in [-0.39, 0.29) is 5.91 Å². The molecule has 6 heteroatoms. The van der Waals surface area contributed by atoms with Crippen molar-refractivity contribution < 1.29 is 4.79 Å².